The molecule has 2 aromatic heterocycles. The predicted octanol–water partition coefficient (Wildman–Crippen LogP) is 3.23. The van der Waals surface area contributed by atoms with Gasteiger partial charge in [-0.25, -0.2) is 23.4 Å². The molecule has 8 nitrogen and oxygen atoms in total. The van der Waals surface area contributed by atoms with Crippen LogP contribution in [0.25, 0.3) is 22.4 Å². The number of benzene rings is 1. The van der Waals surface area contributed by atoms with Crippen molar-refractivity contribution in [3.8, 4) is 16.9 Å². The van der Waals surface area contributed by atoms with Gasteiger partial charge in [-0.15, -0.1) is 0 Å². The molecule has 0 bridgehead atoms. The molecule has 10 heteroatoms. The molecular formula is C19H17F2N3O5. The van der Waals surface area contributed by atoms with Crippen LogP contribution < -0.4 is 10.5 Å². The summed E-state index contributed by atoms with van der Waals surface area (Å²) in [5, 5.41) is 8.95. The Bertz CT molecular complexity index is 1100. The molecule has 1 amide bonds. The third-order valence-corrected chi connectivity index (χ3v) is 4.96. The Morgan fingerprint density at radius 3 is 2.59 bits per heavy atom. The normalized spacial score (nSPS) is 15.0. The molecule has 0 radical (unpaired) electrons. The molecule has 3 heterocycles. The lowest BCUT2D eigenvalue weighted by Crippen LogP contribution is -2.38. The average molecular weight is 405 g/mol. The first-order valence-corrected chi connectivity index (χ1v) is 8.99. The van der Waals surface area contributed by atoms with Crippen LogP contribution in [-0.2, 0) is 0 Å². The van der Waals surface area contributed by atoms with Gasteiger partial charge < -0.3 is 19.2 Å². The van der Waals surface area contributed by atoms with Crippen LogP contribution in [0.5, 0.6) is 5.75 Å². The van der Waals surface area contributed by atoms with E-state index in [-0.39, 0.29) is 29.3 Å². The number of halogens is 2. The van der Waals surface area contributed by atoms with Crippen LogP contribution in [0.3, 0.4) is 0 Å². The van der Waals surface area contributed by atoms with Crippen LogP contribution in [0.2, 0.25) is 0 Å². The lowest BCUT2D eigenvalue weighted by Gasteiger charge is -2.29. The number of oxazole rings is 1. The van der Waals surface area contributed by atoms with Crippen molar-refractivity contribution in [1.82, 2.24) is 14.9 Å². The van der Waals surface area contributed by atoms with Crippen molar-refractivity contribution < 1.29 is 27.8 Å². The number of piperidine rings is 1. The molecule has 0 aliphatic carbocycles. The second-order valence-electron chi connectivity index (χ2n) is 6.88. The summed E-state index contributed by atoms with van der Waals surface area (Å²) in [5.41, 5.74) is 1.03. The summed E-state index contributed by atoms with van der Waals surface area (Å²) in [5.74, 6) is -2.85. The van der Waals surface area contributed by atoms with Gasteiger partial charge in [0.15, 0.2) is 28.6 Å². The van der Waals surface area contributed by atoms with Gasteiger partial charge >= 0.3 is 11.8 Å². The van der Waals surface area contributed by atoms with E-state index in [1.54, 1.807) is 0 Å². The predicted molar refractivity (Wildman–Crippen MR) is 97.8 cm³/mol. The fourth-order valence-electron chi connectivity index (χ4n) is 3.35. The highest BCUT2D eigenvalue weighted by Crippen LogP contribution is 2.30. The number of H-pyrrole nitrogens is 1. The van der Waals surface area contributed by atoms with E-state index < -0.39 is 29.2 Å². The first-order valence-electron chi connectivity index (χ1n) is 8.99. The van der Waals surface area contributed by atoms with E-state index in [1.807, 2.05) is 0 Å². The van der Waals surface area contributed by atoms with Crippen LogP contribution >= 0.6 is 0 Å². The van der Waals surface area contributed by atoms with Gasteiger partial charge in [-0.1, -0.05) is 0 Å². The minimum atomic E-state index is -0.969. The van der Waals surface area contributed by atoms with Crippen molar-refractivity contribution in [2.45, 2.75) is 12.8 Å². The molecule has 3 aromatic rings. The van der Waals surface area contributed by atoms with Crippen molar-refractivity contribution in [1.29, 1.82) is 0 Å². The Morgan fingerprint density at radius 2 is 1.93 bits per heavy atom. The maximum absolute atomic E-state index is 14.5. The SMILES string of the molecule is O=C(O)N1CCC(COc2c(F)cc(-c3cnc4[nH]c(=O)oc4c3)cc2F)CC1. The number of aromatic amines is 1. The van der Waals surface area contributed by atoms with E-state index in [4.69, 9.17) is 14.3 Å². The average Bonchev–Trinajstić information content (AvgIpc) is 3.06. The van der Waals surface area contributed by atoms with Crippen molar-refractivity contribution >= 4 is 17.3 Å². The number of ether oxygens (including phenoxy) is 1. The first kappa shape index (κ1) is 18.9. The van der Waals surface area contributed by atoms with Crippen molar-refractivity contribution in [3.05, 3.63) is 46.6 Å². The van der Waals surface area contributed by atoms with Crippen LogP contribution in [0.4, 0.5) is 13.6 Å². The molecule has 2 N–H and O–H groups in total. The summed E-state index contributed by atoms with van der Waals surface area (Å²) < 4.78 is 39.3. The summed E-state index contributed by atoms with van der Waals surface area (Å²) in [6.45, 7) is 0.846. The topological polar surface area (TPSA) is 109 Å². The van der Waals surface area contributed by atoms with Gasteiger partial charge in [0.05, 0.1) is 6.61 Å². The van der Waals surface area contributed by atoms with E-state index in [2.05, 4.69) is 9.97 Å². The summed E-state index contributed by atoms with van der Waals surface area (Å²) in [6, 6.07) is 3.71. The molecule has 4 rings (SSSR count). The number of hydrogen-bond acceptors (Lipinski definition) is 5. The maximum Gasteiger partial charge on any atom is 0.418 e. The number of aromatic nitrogens is 2. The van der Waals surface area contributed by atoms with E-state index >= 15 is 0 Å². The van der Waals surface area contributed by atoms with E-state index in [1.165, 1.54) is 17.2 Å². The Morgan fingerprint density at radius 1 is 1.24 bits per heavy atom. The van der Waals surface area contributed by atoms with Crippen LogP contribution in [0, 0.1) is 17.6 Å². The molecule has 1 fully saturated rings. The highest BCUT2D eigenvalue weighted by molar-refractivity contribution is 5.76. The number of carboxylic acid groups (broad SMARTS) is 1. The number of nitrogens with one attached hydrogen (secondary N) is 1. The molecule has 29 heavy (non-hydrogen) atoms. The number of nitrogens with zero attached hydrogens (tertiary/aromatic N) is 2. The van der Waals surface area contributed by atoms with Gasteiger partial charge in [-0.2, -0.15) is 0 Å². The summed E-state index contributed by atoms with van der Waals surface area (Å²) in [4.78, 5) is 29.8. The van der Waals surface area contributed by atoms with Crippen LogP contribution in [0.15, 0.2) is 33.6 Å². The zero-order valence-electron chi connectivity index (χ0n) is 15.2. The molecule has 0 atom stereocenters. The highest BCUT2D eigenvalue weighted by Gasteiger charge is 2.24. The quantitative estimate of drug-likeness (QED) is 0.690. The van der Waals surface area contributed by atoms with E-state index in [0.717, 1.165) is 12.1 Å². The second kappa shape index (κ2) is 7.53. The zero-order chi connectivity index (χ0) is 20.5. The Kier molecular flexibility index (Phi) is 4.91. The molecule has 152 valence electrons. The summed E-state index contributed by atoms with van der Waals surface area (Å²) in [7, 11) is 0. The number of carbonyl (C=O) groups is 1. The Hall–Kier alpha value is -3.43. The van der Waals surface area contributed by atoms with Crippen LogP contribution in [0.1, 0.15) is 12.8 Å². The Labute approximate surface area is 162 Å². The van der Waals surface area contributed by atoms with Gasteiger partial charge in [0.2, 0.25) is 0 Å². The van der Waals surface area contributed by atoms with Gasteiger partial charge in [-0.05, 0) is 42.5 Å². The summed E-state index contributed by atoms with van der Waals surface area (Å²) >= 11 is 0. The third kappa shape index (κ3) is 3.91. The third-order valence-electron chi connectivity index (χ3n) is 4.96. The van der Waals surface area contributed by atoms with Crippen molar-refractivity contribution in [2.75, 3.05) is 19.7 Å². The highest BCUT2D eigenvalue weighted by atomic mass is 19.1. The largest absolute Gasteiger partial charge is 0.487 e. The molecule has 0 saturated carbocycles. The molecule has 0 unspecified atom stereocenters. The van der Waals surface area contributed by atoms with Crippen molar-refractivity contribution in [2.24, 2.45) is 5.92 Å². The fourth-order valence-corrected chi connectivity index (χ4v) is 3.35. The lowest BCUT2D eigenvalue weighted by atomic mass is 9.98. The van der Waals surface area contributed by atoms with E-state index in [0.29, 0.717) is 31.5 Å². The number of amides is 1. The standard InChI is InChI=1S/C19H17F2N3O5/c20-13-5-11(12-7-15-17(22-8-12)23-18(25)29-15)6-14(21)16(13)28-9-10-1-3-24(4-2-10)19(26)27/h5-8,10H,1-4,9H2,(H,26,27)(H,22,23,25). The number of hydrogen-bond donors (Lipinski definition) is 2. The molecule has 1 aliphatic rings. The Balaban J connectivity index is 1.48. The van der Waals surface area contributed by atoms with Crippen LogP contribution in [-0.4, -0.2) is 45.8 Å². The van der Waals surface area contributed by atoms with Gasteiger partial charge in [-0.3, -0.25) is 4.98 Å². The molecule has 1 aliphatic heterocycles. The number of likely N-dealkylation sites (tertiary alicyclic amines) is 1. The zero-order valence-corrected chi connectivity index (χ0v) is 15.2. The van der Waals surface area contributed by atoms with E-state index in [9.17, 15) is 18.4 Å². The summed E-state index contributed by atoms with van der Waals surface area (Å²) in [6.07, 6.45) is 1.55. The molecule has 0 spiro atoms. The smallest absolute Gasteiger partial charge is 0.418 e. The molecule has 1 aromatic carbocycles. The monoisotopic (exact) mass is 405 g/mol. The minimum Gasteiger partial charge on any atom is -0.487 e. The number of rotatable bonds is 4. The fraction of sp³-hybridized carbons (Fsp3) is 0.316. The lowest BCUT2D eigenvalue weighted by molar-refractivity contribution is 0.110. The number of pyridine rings is 1. The molecule has 1 saturated heterocycles. The number of fused-ring (bicyclic) bond motifs is 1. The van der Waals surface area contributed by atoms with Gasteiger partial charge in [0.25, 0.3) is 0 Å². The molecular weight excluding hydrogens is 388 g/mol. The minimum absolute atomic E-state index is 0.0205. The maximum atomic E-state index is 14.5. The first-order chi connectivity index (χ1) is 13.9. The van der Waals surface area contributed by atoms with Crippen molar-refractivity contribution in [3.63, 3.8) is 0 Å². The van der Waals surface area contributed by atoms with Gasteiger partial charge in [0, 0.05) is 24.8 Å². The second-order valence-corrected chi connectivity index (χ2v) is 6.88. The van der Waals surface area contributed by atoms with Gasteiger partial charge in [0.1, 0.15) is 0 Å².